The summed E-state index contributed by atoms with van der Waals surface area (Å²) in [5.74, 6) is 1.16. The number of rotatable bonds is 9. The van der Waals surface area contributed by atoms with Crippen LogP contribution in [0.15, 0.2) is 40.4 Å². The molecule has 0 spiro atoms. The third-order valence-corrected chi connectivity index (χ3v) is 9.92. The second-order valence-electron chi connectivity index (χ2n) is 16.4. The third kappa shape index (κ3) is 9.74. The zero-order valence-corrected chi connectivity index (χ0v) is 31.5. The molecule has 2 aromatic carbocycles. The zero-order chi connectivity index (χ0) is 34.2. The van der Waals surface area contributed by atoms with Crippen LogP contribution in [0.2, 0.25) is 0 Å². The molecule has 0 radical (unpaired) electrons. The Labute approximate surface area is 279 Å². The maximum atomic E-state index is 12.4. The molecule has 0 aliphatic heterocycles. The number of carbonyl (C=O) groups excluding carboxylic acids is 1. The van der Waals surface area contributed by atoms with Crippen molar-refractivity contribution >= 4 is 29.4 Å². The van der Waals surface area contributed by atoms with Crippen molar-refractivity contribution in [1.82, 2.24) is 20.2 Å². The topological polar surface area (TPSA) is 90.1 Å². The molecule has 1 aromatic heterocycles. The summed E-state index contributed by atoms with van der Waals surface area (Å²) in [6.45, 7) is 31.2. The molecule has 0 aliphatic carbocycles. The number of nitrogens with zero attached hydrogens (tertiary/aromatic N) is 4. The molecule has 0 amide bonds. The summed E-state index contributed by atoms with van der Waals surface area (Å²) in [5, 5.41) is 22.0. The number of aromatic hydroxyl groups is 1. The minimum absolute atomic E-state index is 0.153. The summed E-state index contributed by atoms with van der Waals surface area (Å²) in [7, 11) is 0. The average Bonchev–Trinajstić information content (AvgIpc) is 3.40. The fourth-order valence-electron chi connectivity index (χ4n) is 5.12. The fourth-order valence-corrected chi connectivity index (χ4v) is 7.70. The SMILES string of the molecule is CC(C)(Sc1cc(C(C)(C)C)c(O)c(C(C)(C)C)c1)Sc1cc(C(C)(C)C)c(OCCCC(=O)n2cnnn2)c(C(C)(C)C)c1. The van der Waals surface area contributed by atoms with E-state index in [0.717, 1.165) is 32.9 Å². The predicted octanol–water partition coefficient (Wildman–Crippen LogP) is 9.69. The Morgan fingerprint density at radius 1 is 0.733 bits per heavy atom. The van der Waals surface area contributed by atoms with E-state index in [1.54, 1.807) is 0 Å². The number of benzene rings is 2. The molecule has 9 heteroatoms. The largest absolute Gasteiger partial charge is 0.507 e. The van der Waals surface area contributed by atoms with Crippen LogP contribution in [0.25, 0.3) is 0 Å². The van der Waals surface area contributed by atoms with Gasteiger partial charge in [-0.05, 0) is 76.6 Å². The summed E-state index contributed by atoms with van der Waals surface area (Å²) in [6.07, 6.45) is 2.18. The van der Waals surface area contributed by atoms with Crippen molar-refractivity contribution in [3.8, 4) is 11.5 Å². The monoisotopic (exact) mass is 654 g/mol. The number of ether oxygens (including phenoxy) is 1. The number of phenols is 1. The Hall–Kier alpha value is -2.52. The van der Waals surface area contributed by atoms with E-state index in [2.05, 4.69) is 137 Å². The third-order valence-electron chi connectivity index (χ3n) is 7.49. The molecule has 248 valence electrons. The van der Waals surface area contributed by atoms with Crippen molar-refractivity contribution < 1.29 is 14.6 Å². The lowest BCUT2D eigenvalue weighted by Gasteiger charge is -2.32. The normalized spacial score (nSPS) is 13.3. The van der Waals surface area contributed by atoms with E-state index >= 15 is 0 Å². The molecule has 1 N–H and O–H groups in total. The van der Waals surface area contributed by atoms with Crippen LogP contribution >= 0.6 is 23.5 Å². The van der Waals surface area contributed by atoms with Crippen LogP contribution in [0, 0.1) is 0 Å². The molecule has 1 heterocycles. The van der Waals surface area contributed by atoms with Gasteiger partial charge >= 0.3 is 0 Å². The molecule has 45 heavy (non-hydrogen) atoms. The van der Waals surface area contributed by atoms with E-state index in [1.807, 2.05) is 23.5 Å². The van der Waals surface area contributed by atoms with Crippen LogP contribution in [0.5, 0.6) is 11.5 Å². The Balaban J connectivity index is 1.96. The van der Waals surface area contributed by atoms with Crippen LogP contribution in [0.4, 0.5) is 0 Å². The lowest BCUT2D eigenvalue weighted by Crippen LogP contribution is -2.21. The maximum Gasteiger partial charge on any atom is 0.249 e. The minimum Gasteiger partial charge on any atom is -0.507 e. The van der Waals surface area contributed by atoms with Gasteiger partial charge in [-0.15, -0.1) is 28.6 Å². The second kappa shape index (κ2) is 13.3. The van der Waals surface area contributed by atoms with E-state index < -0.39 is 0 Å². The van der Waals surface area contributed by atoms with Crippen molar-refractivity contribution in [3.05, 3.63) is 52.8 Å². The zero-order valence-electron chi connectivity index (χ0n) is 29.9. The molecule has 0 saturated carbocycles. The van der Waals surface area contributed by atoms with Gasteiger partial charge in [0.25, 0.3) is 0 Å². The molecule has 0 fully saturated rings. The molecule has 0 atom stereocenters. The van der Waals surface area contributed by atoms with Crippen LogP contribution in [-0.2, 0) is 21.7 Å². The van der Waals surface area contributed by atoms with Crippen LogP contribution in [0.1, 0.15) is 137 Å². The predicted molar refractivity (Wildman–Crippen MR) is 188 cm³/mol. The molecule has 0 unspecified atom stereocenters. The van der Waals surface area contributed by atoms with Crippen LogP contribution in [0.3, 0.4) is 0 Å². The average molecular weight is 655 g/mol. The number of phenolic OH excluding ortho intramolecular Hbond substituents is 1. The number of tetrazole rings is 1. The number of hydrogen-bond donors (Lipinski definition) is 1. The van der Waals surface area contributed by atoms with E-state index in [4.69, 9.17) is 4.74 Å². The lowest BCUT2D eigenvalue weighted by atomic mass is 9.79. The van der Waals surface area contributed by atoms with Crippen LogP contribution in [-0.4, -0.2) is 41.9 Å². The van der Waals surface area contributed by atoms with Crippen molar-refractivity contribution in [2.75, 3.05) is 6.61 Å². The quantitative estimate of drug-likeness (QED) is 0.106. The maximum absolute atomic E-state index is 12.4. The van der Waals surface area contributed by atoms with Gasteiger partial charge in [0.15, 0.2) is 0 Å². The van der Waals surface area contributed by atoms with Crippen molar-refractivity contribution in [2.24, 2.45) is 0 Å². The van der Waals surface area contributed by atoms with Gasteiger partial charge in [-0.25, -0.2) is 0 Å². The first-order valence-corrected chi connectivity index (χ1v) is 17.4. The van der Waals surface area contributed by atoms with Gasteiger partial charge < -0.3 is 9.84 Å². The summed E-state index contributed by atoms with van der Waals surface area (Å²) >= 11 is 3.68. The van der Waals surface area contributed by atoms with Crippen molar-refractivity contribution in [3.63, 3.8) is 0 Å². The first-order valence-electron chi connectivity index (χ1n) is 15.7. The van der Waals surface area contributed by atoms with E-state index in [1.165, 1.54) is 15.9 Å². The Bertz CT molecular complexity index is 1420. The van der Waals surface area contributed by atoms with Gasteiger partial charge in [0.1, 0.15) is 17.8 Å². The van der Waals surface area contributed by atoms with E-state index in [0.29, 0.717) is 25.2 Å². The van der Waals surface area contributed by atoms with Gasteiger partial charge in [-0.2, -0.15) is 4.68 Å². The summed E-state index contributed by atoms with van der Waals surface area (Å²) in [5.41, 5.74) is 3.57. The van der Waals surface area contributed by atoms with Gasteiger partial charge in [-0.3, -0.25) is 4.79 Å². The second-order valence-corrected chi connectivity index (χ2v) is 20.1. The Morgan fingerprint density at radius 3 is 1.53 bits per heavy atom. The fraction of sp³-hybridized carbons (Fsp3) is 0.611. The minimum atomic E-state index is -0.204. The number of carbonyl (C=O) groups is 1. The number of thioether (sulfide) groups is 2. The Morgan fingerprint density at radius 2 is 1.16 bits per heavy atom. The molecule has 0 saturated heterocycles. The summed E-state index contributed by atoms with van der Waals surface area (Å²) in [4.78, 5) is 14.7. The molecule has 7 nitrogen and oxygen atoms in total. The standard InChI is InChI=1S/C36H54N4O3S2/c1-32(2,3)25-18-23(19-26(30(25)42)33(4,5)6)44-36(13,14)45-24-20-27(34(7,8)9)31(28(21-24)35(10,11)12)43-17-15-16-29(41)40-22-37-38-39-40/h18-22,42H,15-17H2,1-14H3. The highest BCUT2D eigenvalue weighted by molar-refractivity contribution is 8.18. The number of hydrogen-bond acceptors (Lipinski definition) is 8. The highest BCUT2D eigenvalue weighted by Gasteiger charge is 2.32. The first kappa shape index (κ1) is 36.9. The first-order chi connectivity index (χ1) is 20.4. The lowest BCUT2D eigenvalue weighted by molar-refractivity contribution is 0.0874. The van der Waals surface area contributed by atoms with Crippen molar-refractivity contribution in [2.45, 2.75) is 145 Å². The van der Waals surface area contributed by atoms with Crippen molar-refractivity contribution in [1.29, 1.82) is 0 Å². The highest BCUT2D eigenvalue weighted by Crippen LogP contribution is 2.51. The molecule has 0 aliphatic rings. The highest BCUT2D eigenvalue weighted by atomic mass is 32.2. The van der Waals surface area contributed by atoms with Gasteiger partial charge in [0, 0.05) is 38.5 Å². The van der Waals surface area contributed by atoms with E-state index in [-0.39, 0.29) is 31.6 Å². The summed E-state index contributed by atoms with van der Waals surface area (Å²) < 4.78 is 7.48. The van der Waals surface area contributed by atoms with E-state index in [9.17, 15) is 9.90 Å². The van der Waals surface area contributed by atoms with Crippen LogP contribution < -0.4 is 4.74 Å². The molecule has 0 bridgehead atoms. The Kier molecular flexibility index (Phi) is 10.9. The van der Waals surface area contributed by atoms with Gasteiger partial charge in [0.05, 0.1) is 10.7 Å². The molecule has 3 rings (SSSR count). The molecular weight excluding hydrogens is 601 g/mol. The molecular formula is C36H54N4O3S2. The number of aromatic nitrogens is 4. The smallest absolute Gasteiger partial charge is 0.249 e. The van der Waals surface area contributed by atoms with Gasteiger partial charge in [0.2, 0.25) is 5.91 Å². The molecule has 3 aromatic rings. The van der Waals surface area contributed by atoms with Gasteiger partial charge in [-0.1, -0.05) is 83.1 Å². The summed E-state index contributed by atoms with van der Waals surface area (Å²) in [6, 6.07) is 8.89.